The molecule has 164 valence electrons. The van der Waals surface area contributed by atoms with Crippen LogP contribution < -0.4 is 11.1 Å². The van der Waals surface area contributed by atoms with E-state index in [1.807, 2.05) is 32.4 Å². The van der Waals surface area contributed by atoms with Crippen LogP contribution in [-0.2, 0) is 18.4 Å². The smallest absolute Gasteiger partial charge is 0.237 e. The Morgan fingerprint density at radius 1 is 1.21 bits per heavy atom. The minimum atomic E-state index is -0.627. The average Bonchev–Trinajstić information content (AvgIpc) is 3.29. The van der Waals surface area contributed by atoms with Crippen LogP contribution in [0.5, 0.6) is 0 Å². The quantitative estimate of drug-likeness (QED) is 0.343. The topological polar surface area (TPSA) is 105 Å². The zero-order valence-corrected chi connectivity index (χ0v) is 20.3. The van der Waals surface area contributed by atoms with Gasteiger partial charge >= 0.3 is 0 Å². The molecule has 10 heteroatoms. The molecule has 1 saturated heterocycles. The highest BCUT2D eigenvalue weighted by molar-refractivity contribution is 14.0. The Hall–Kier alpha value is -1.43. The summed E-state index contributed by atoms with van der Waals surface area (Å²) in [6.45, 7) is 9.42. The second kappa shape index (κ2) is 10.1. The summed E-state index contributed by atoms with van der Waals surface area (Å²) < 4.78 is 1.98. The lowest BCUT2D eigenvalue weighted by molar-refractivity contribution is -0.129. The van der Waals surface area contributed by atoms with Crippen molar-refractivity contribution >= 4 is 35.8 Å². The fraction of sp³-hybridized carbons (Fsp3) is 0.789. The molecule has 3 rings (SSSR count). The van der Waals surface area contributed by atoms with Crippen molar-refractivity contribution in [2.75, 3.05) is 26.2 Å². The van der Waals surface area contributed by atoms with Crippen molar-refractivity contribution in [3.05, 3.63) is 11.6 Å². The molecule has 0 spiro atoms. The normalized spacial score (nSPS) is 19.3. The van der Waals surface area contributed by atoms with Crippen LogP contribution in [0.25, 0.3) is 0 Å². The molecule has 0 aromatic carbocycles. The summed E-state index contributed by atoms with van der Waals surface area (Å²) in [6.07, 6.45) is 4.93. The first-order valence-electron chi connectivity index (χ1n) is 10.2. The van der Waals surface area contributed by atoms with Crippen molar-refractivity contribution in [2.24, 2.45) is 17.8 Å². The predicted octanol–water partition coefficient (Wildman–Crippen LogP) is 1.01. The van der Waals surface area contributed by atoms with E-state index in [0.29, 0.717) is 12.6 Å². The third-order valence-corrected chi connectivity index (χ3v) is 6.21. The highest BCUT2D eigenvalue weighted by Crippen LogP contribution is 2.20. The molecule has 2 fully saturated rings. The molecule has 3 N–H and O–H groups in total. The van der Waals surface area contributed by atoms with E-state index < -0.39 is 5.54 Å². The number of carbonyl (C=O) groups excluding carboxylic acids is 1. The van der Waals surface area contributed by atoms with Crippen LogP contribution in [0, 0.1) is 6.92 Å². The third kappa shape index (κ3) is 5.59. The first-order chi connectivity index (χ1) is 13.3. The van der Waals surface area contributed by atoms with E-state index in [2.05, 4.69) is 25.3 Å². The Labute approximate surface area is 190 Å². The molecule has 1 aliphatic heterocycles. The van der Waals surface area contributed by atoms with Gasteiger partial charge in [-0.2, -0.15) is 0 Å². The first kappa shape index (κ1) is 23.8. The number of aliphatic imine (C=N–C) groups is 1. The maximum Gasteiger partial charge on any atom is 0.237 e. The number of rotatable bonds is 5. The van der Waals surface area contributed by atoms with Gasteiger partial charge in [0.1, 0.15) is 12.4 Å². The number of hydrogen-bond acceptors (Lipinski definition) is 5. The van der Waals surface area contributed by atoms with E-state index in [4.69, 9.17) is 10.7 Å². The van der Waals surface area contributed by atoms with Gasteiger partial charge in [0.15, 0.2) is 11.8 Å². The number of nitrogens with two attached hydrogens (primary N) is 1. The van der Waals surface area contributed by atoms with Gasteiger partial charge in [0, 0.05) is 39.3 Å². The molecule has 1 saturated carbocycles. The number of piperazine rings is 1. The van der Waals surface area contributed by atoms with Crippen molar-refractivity contribution < 1.29 is 4.79 Å². The lowest BCUT2D eigenvalue weighted by Gasteiger charge is -2.43. The van der Waals surface area contributed by atoms with Crippen molar-refractivity contribution in [2.45, 2.75) is 64.6 Å². The van der Waals surface area contributed by atoms with Gasteiger partial charge in [-0.05, 0) is 33.6 Å². The first-order valence-corrected chi connectivity index (χ1v) is 10.2. The van der Waals surface area contributed by atoms with E-state index >= 15 is 0 Å². The highest BCUT2D eigenvalue weighted by Gasteiger charge is 2.35. The molecule has 9 nitrogen and oxygen atoms in total. The molecule has 2 heterocycles. The third-order valence-electron chi connectivity index (χ3n) is 6.21. The number of carbonyl (C=O) groups is 1. The summed E-state index contributed by atoms with van der Waals surface area (Å²) in [5.74, 6) is 2.40. The van der Waals surface area contributed by atoms with Gasteiger partial charge in [0.25, 0.3) is 0 Å². The highest BCUT2D eigenvalue weighted by atomic mass is 127. The zero-order valence-electron chi connectivity index (χ0n) is 18.0. The minimum Gasteiger partial charge on any atom is -0.368 e. The fourth-order valence-electron chi connectivity index (χ4n) is 3.86. The van der Waals surface area contributed by atoms with Crippen molar-refractivity contribution in [3.63, 3.8) is 0 Å². The molecular weight excluding hydrogens is 483 g/mol. The number of primary amides is 1. The molecule has 0 unspecified atom stereocenters. The Balaban J connectivity index is 0.00000300. The second-order valence-corrected chi connectivity index (χ2v) is 8.39. The zero-order chi connectivity index (χ0) is 20.3. The monoisotopic (exact) mass is 518 g/mol. The number of aromatic nitrogens is 3. The molecule has 1 aromatic heterocycles. The largest absolute Gasteiger partial charge is 0.368 e. The second-order valence-electron chi connectivity index (χ2n) is 8.39. The molecule has 2 aliphatic rings. The van der Waals surface area contributed by atoms with Crippen LogP contribution in [0.3, 0.4) is 0 Å². The van der Waals surface area contributed by atoms with Gasteiger partial charge in [0.2, 0.25) is 5.91 Å². The van der Waals surface area contributed by atoms with Crippen LogP contribution in [0.1, 0.15) is 51.2 Å². The SMILES string of the molecule is Cc1nnc(CN=C(NC2CCCC2)N2CCN(C(C)(C)C(N)=O)CC2)n1C.I. The predicted molar refractivity (Wildman–Crippen MR) is 124 cm³/mol. The lowest BCUT2D eigenvalue weighted by atomic mass is 10.0. The van der Waals surface area contributed by atoms with E-state index in [0.717, 1.165) is 43.8 Å². The molecule has 0 atom stereocenters. The number of hydrogen-bond donors (Lipinski definition) is 2. The summed E-state index contributed by atoms with van der Waals surface area (Å²) in [4.78, 5) is 21.1. The lowest BCUT2D eigenvalue weighted by Crippen LogP contribution is -2.61. The van der Waals surface area contributed by atoms with Gasteiger partial charge in [-0.1, -0.05) is 12.8 Å². The number of nitrogens with one attached hydrogen (secondary N) is 1. The molecule has 1 amide bonds. The summed E-state index contributed by atoms with van der Waals surface area (Å²) in [5.41, 5.74) is 4.96. The fourth-order valence-corrected chi connectivity index (χ4v) is 3.86. The van der Waals surface area contributed by atoms with E-state index in [1.165, 1.54) is 25.7 Å². The molecule has 0 radical (unpaired) electrons. The summed E-state index contributed by atoms with van der Waals surface area (Å²) in [7, 11) is 1.97. The van der Waals surface area contributed by atoms with Crippen LogP contribution in [0.4, 0.5) is 0 Å². The average molecular weight is 518 g/mol. The van der Waals surface area contributed by atoms with E-state index in [-0.39, 0.29) is 29.9 Å². The standard InChI is InChI=1S/C19H34N8O.HI/c1-14-23-24-16(25(14)4)13-21-18(22-15-7-5-6-8-15)26-9-11-27(12-10-26)19(2,3)17(20)28;/h15H,5-13H2,1-4H3,(H2,20,28)(H,21,22);1H. The minimum absolute atomic E-state index is 0. The van der Waals surface area contributed by atoms with Crippen molar-refractivity contribution in [3.8, 4) is 0 Å². The van der Waals surface area contributed by atoms with Gasteiger partial charge in [-0.25, -0.2) is 4.99 Å². The Bertz CT molecular complexity index is 718. The number of amides is 1. The van der Waals surface area contributed by atoms with Crippen LogP contribution in [-0.4, -0.2) is 74.2 Å². The summed E-state index contributed by atoms with van der Waals surface area (Å²) in [6, 6.07) is 0.486. The number of aryl methyl sites for hydroxylation is 1. The maximum atomic E-state index is 11.8. The number of guanidine groups is 1. The van der Waals surface area contributed by atoms with Crippen molar-refractivity contribution in [1.82, 2.24) is 29.9 Å². The molecular formula is C19H35IN8O. The van der Waals surface area contributed by atoms with Crippen LogP contribution in [0.2, 0.25) is 0 Å². The molecule has 29 heavy (non-hydrogen) atoms. The Morgan fingerprint density at radius 2 is 1.83 bits per heavy atom. The van der Waals surface area contributed by atoms with Gasteiger partial charge in [0.05, 0.1) is 5.54 Å². The number of nitrogens with zero attached hydrogens (tertiary/aromatic N) is 6. The molecule has 1 aromatic rings. The Kier molecular flexibility index (Phi) is 8.27. The summed E-state index contributed by atoms with van der Waals surface area (Å²) in [5, 5.41) is 12.0. The summed E-state index contributed by atoms with van der Waals surface area (Å²) >= 11 is 0. The molecule has 1 aliphatic carbocycles. The van der Waals surface area contributed by atoms with Crippen LogP contribution >= 0.6 is 24.0 Å². The maximum absolute atomic E-state index is 11.8. The van der Waals surface area contributed by atoms with Crippen molar-refractivity contribution in [1.29, 1.82) is 0 Å². The van der Waals surface area contributed by atoms with Gasteiger partial charge in [-0.15, -0.1) is 34.2 Å². The van der Waals surface area contributed by atoms with Gasteiger partial charge in [-0.3, -0.25) is 9.69 Å². The number of halogens is 1. The Morgan fingerprint density at radius 3 is 2.34 bits per heavy atom. The molecule has 0 bridgehead atoms. The van der Waals surface area contributed by atoms with Crippen LogP contribution in [0.15, 0.2) is 4.99 Å². The van der Waals surface area contributed by atoms with Gasteiger partial charge < -0.3 is 20.5 Å². The van der Waals surface area contributed by atoms with E-state index in [1.54, 1.807) is 0 Å². The van der Waals surface area contributed by atoms with E-state index in [9.17, 15) is 4.79 Å².